The Kier molecular flexibility index (Phi) is 4.12. The van der Waals surface area contributed by atoms with Gasteiger partial charge in [0.1, 0.15) is 17.7 Å². The monoisotopic (exact) mass is 388 g/mol. The zero-order valence-electron chi connectivity index (χ0n) is 13.0. The molecule has 7 heteroatoms. The number of hydrogen-bond donors (Lipinski definition) is 0. The van der Waals surface area contributed by atoms with Crippen molar-refractivity contribution in [1.82, 2.24) is 19.5 Å². The second-order valence-corrected chi connectivity index (χ2v) is 6.77. The summed E-state index contributed by atoms with van der Waals surface area (Å²) in [4.78, 5) is 13.0. The molecule has 0 unspecified atom stereocenters. The molecule has 0 atom stereocenters. The summed E-state index contributed by atoms with van der Waals surface area (Å²) >= 11 is 18.7. The van der Waals surface area contributed by atoms with Crippen molar-refractivity contribution < 1.29 is 0 Å². The standard InChI is InChI=1S/C18H11Cl3N4/c1-10-2-7-13(14(20)8-10)17-24-15-16(21)22-9-23-18(15)25(17)12-5-3-11(19)4-6-12/h2-9H,1H3. The Morgan fingerprint density at radius 2 is 1.68 bits per heavy atom. The summed E-state index contributed by atoms with van der Waals surface area (Å²) < 4.78 is 1.90. The first-order valence-corrected chi connectivity index (χ1v) is 8.59. The third kappa shape index (κ3) is 2.86. The van der Waals surface area contributed by atoms with E-state index in [4.69, 9.17) is 34.8 Å². The molecule has 4 rings (SSSR count). The third-order valence-corrected chi connectivity index (χ3v) is 4.69. The maximum absolute atomic E-state index is 6.47. The molecule has 0 aliphatic heterocycles. The maximum atomic E-state index is 6.47. The number of aryl methyl sites for hydroxylation is 1. The van der Waals surface area contributed by atoms with Crippen LogP contribution in [0.25, 0.3) is 28.2 Å². The largest absolute Gasteiger partial charge is 0.277 e. The van der Waals surface area contributed by atoms with Crippen molar-refractivity contribution in [2.24, 2.45) is 0 Å². The van der Waals surface area contributed by atoms with Gasteiger partial charge in [0.2, 0.25) is 0 Å². The average molecular weight is 390 g/mol. The van der Waals surface area contributed by atoms with E-state index in [0.717, 1.165) is 16.8 Å². The van der Waals surface area contributed by atoms with Crippen LogP contribution in [0.3, 0.4) is 0 Å². The smallest absolute Gasteiger partial charge is 0.169 e. The normalized spacial score (nSPS) is 11.2. The molecule has 0 amide bonds. The van der Waals surface area contributed by atoms with Crippen LogP contribution in [-0.2, 0) is 0 Å². The van der Waals surface area contributed by atoms with Crippen molar-refractivity contribution in [2.75, 3.05) is 0 Å². The molecule has 4 aromatic rings. The Balaban J connectivity index is 2.08. The van der Waals surface area contributed by atoms with E-state index < -0.39 is 0 Å². The molecule has 0 radical (unpaired) electrons. The summed E-state index contributed by atoms with van der Waals surface area (Å²) in [6, 6.07) is 13.2. The molecule has 0 saturated heterocycles. The Morgan fingerprint density at radius 3 is 2.40 bits per heavy atom. The molecule has 0 bridgehead atoms. The van der Waals surface area contributed by atoms with E-state index in [1.54, 1.807) is 0 Å². The van der Waals surface area contributed by atoms with Crippen LogP contribution < -0.4 is 0 Å². The highest BCUT2D eigenvalue weighted by Gasteiger charge is 2.19. The van der Waals surface area contributed by atoms with Gasteiger partial charge in [-0.2, -0.15) is 0 Å². The van der Waals surface area contributed by atoms with Crippen molar-refractivity contribution in [3.63, 3.8) is 0 Å². The summed E-state index contributed by atoms with van der Waals surface area (Å²) in [5, 5.41) is 1.55. The molecular weight excluding hydrogens is 379 g/mol. The van der Waals surface area contributed by atoms with Crippen molar-refractivity contribution in [3.05, 3.63) is 69.6 Å². The van der Waals surface area contributed by atoms with Crippen molar-refractivity contribution in [1.29, 1.82) is 0 Å². The highest BCUT2D eigenvalue weighted by atomic mass is 35.5. The van der Waals surface area contributed by atoms with E-state index in [0.29, 0.717) is 32.2 Å². The van der Waals surface area contributed by atoms with Gasteiger partial charge in [-0.1, -0.05) is 40.9 Å². The SMILES string of the molecule is Cc1ccc(-c2nc3c(Cl)ncnc3n2-c2ccc(Cl)cc2)c(Cl)c1. The van der Waals surface area contributed by atoms with Crippen LogP contribution in [0, 0.1) is 6.92 Å². The maximum Gasteiger partial charge on any atom is 0.169 e. The van der Waals surface area contributed by atoms with Crippen molar-refractivity contribution >= 4 is 46.0 Å². The molecule has 4 nitrogen and oxygen atoms in total. The second-order valence-electron chi connectivity index (χ2n) is 5.57. The molecule has 0 aliphatic rings. The number of aromatic nitrogens is 4. The summed E-state index contributed by atoms with van der Waals surface area (Å²) in [7, 11) is 0. The number of imidazole rings is 1. The molecule has 0 aliphatic carbocycles. The predicted octanol–water partition coefficient (Wildman–Crippen LogP) is 5.75. The minimum absolute atomic E-state index is 0.294. The number of nitrogens with zero attached hydrogens (tertiary/aromatic N) is 4. The van der Waals surface area contributed by atoms with Gasteiger partial charge in [-0.3, -0.25) is 4.57 Å². The molecule has 0 N–H and O–H groups in total. The zero-order chi connectivity index (χ0) is 17.6. The number of halogens is 3. The van der Waals surface area contributed by atoms with Gasteiger partial charge in [-0.05, 0) is 48.9 Å². The summed E-state index contributed by atoms with van der Waals surface area (Å²) in [6.45, 7) is 1.99. The lowest BCUT2D eigenvalue weighted by Crippen LogP contribution is -1.99. The Morgan fingerprint density at radius 1 is 0.920 bits per heavy atom. The highest BCUT2D eigenvalue weighted by molar-refractivity contribution is 6.34. The van der Waals surface area contributed by atoms with Gasteiger partial charge in [-0.15, -0.1) is 0 Å². The lowest BCUT2D eigenvalue weighted by atomic mass is 10.1. The summed E-state index contributed by atoms with van der Waals surface area (Å²) in [5.41, 5.74) is 3.84. The van der Waals surface area contributed by atoms with Gasteiger partial charge >= 0.3 is 0 Å². The summed E-state index contributed by atoms with van der Waals surface area (Å²) in [5.74, 6) is 0.643. The first-order valence-electron chi connectivity index (χ1n) is 7.46. The zero-order valence-corrected chi connectivity index (χ0v) is 15.3. The molecule has 124 valence electrons. The molecule has 2 aromatic carbocycles. The van der Waals surface area contributed by atoms with Crippen LogP contribution in [0.5, 0.6) is 0 Å². The highest BCUT2D eigenvalue weighted by Crippen LogP contribution is 2.34. The minimum atomic E-state index is 0.294. The van der Waals surface area contributed by atoms with Crippen LogP contribution in [0.4, 0.5) is 0 Å². The molecule has 2 aromatic heterocycles. The number of fused-ring (bicyclic) bond motifs is 1. The fourth-order valence-corrected chi connectivity index (χ4v) is 3.30. The Labute approximate surface area is 159 Å². The average Bonchev–Trinajstić information content (AvgIpc) is 2.96. The van der Waals surface area contributed by atoms with Gasteiger partial charge in [0.15, 0.2) is 10.8 Å². The Bertz CT molecular complexity index is 1090. The van der Waals surface area contributed by atoms with Crippen LogP contribution in [0.15, 0.2) is 48.8 Å². The molecule has 2 heterocycles. The first kappa shape index (κ1) is 16.3. The van der Waals surface area contributed by atoms with Crippen LogP contribution in [0.1, 0.15) is 5.56 Å². The lowest BCUT2D eigenvalue weighted by molar-refractivity contribution is 1.07. The van der Waals surface area contributed by atoms with Gasteiger partial charge in [0, 0.05) is 16.3 Å². The van der Waals surface area contributed by atoms with Crippen LogP contribution >= 0.6 is 34.8 Å². The van der Waals surface area contributed by atoms with Gasteiger partial charge in [0.05, 0.1) is 5.02 Å². The number of hydrogen-bond acceptors (Lipinski definition) is 3. The van der Waals surface area contributed by atoms with Crippen molar-refractivity contribution in [3.8, 4) is 17.1 Å². The van der Waals surface area contributed by atoms with Crippen LogP contribution in [-0.4, -0.2) is 19.5 Å². The second kappa shape index (κ2) is 6.30. The molecule has 0 spiro atoms. The summed E-state index contributed by atoms with van der Waals surface area (Å²) in [6.07, 6.45) is 1.42. The number of benzene rings is 2. The van der Waals surface area contributed by atoms with E-state index in [9.17, 15) is 0 Å². The third-order valence-electron chi connectivity index (χ3n) is 3.85. The Hall–Kier alpha value is -2.14. The van der Waals surface area contributed by atoms with E-state index in [2.05, 4.69) is 15.0 Å². The van der Waals surface area contributed by atoms with Crippen molar-refractivity contribution in [2.45, 2.75) is 6.92 Å². The quantitative estimate of drug-likeness (QED) is 0.410. The fraction of sp³-hybridized carbons (Fsp3) is 0.0556. The van der Waals surface area contributed by atoms with E-state index in [1.807, 2.05) is 54.0 Å². The molecule has 0 fully saturated rings. The van der Waals surface area contributed by atoms with Gasteiger partial charge < -0.3 is 0 Å². The first-order chi connectivity index (χ1) is 12.0. The predicted molar refractivity (Wildman–Crippen MR) is 102 cm³/mol. The molecule has 0 saturated carbocycles. The van der Waals surface area contributed by atoms with E-state index in [1.165, 1.54) is 6.33 Å². The fourth-order valence-electron chi connectivity index (χ4n) is 2.68. The van der Waals surface area contributed by atoms with E-state index >= 15 is 0 Å². The minimum Gasteiger partial charge on any atom is -0.277 e. The molecular formula is C18H11Cl3N4. The molecule has 25 heavy (non-hydrogen) atoms. The van der Waals surface area contributed by atoms with E-state index in [-0.39, 0.29) is 0 Å². The van der Waals surface area contributed by atoms with Crippen LogP contribution in [0.2, 0.25) is 15.2 Å². The lowest BCUT2D eigenvalue weighted by Gasteiger charge is -2.10. The number of rotatable bonds is 2. The van der Waals surface area contributed by atoms with Gasteiger partial charge in [-0.25, -0.2) is 15.0 Å². The van der Waals surface area contributed by atoms with Gasteiger partial charge in [0.25, 0.3) is 0 Å². The topological polar surface area (TPSA) is 43.6 Å².